The van der Waals surface area contributed by atoms with Crippen molar-refractivity contribution in [3.05, 3.63) is 12.1 Å². The van der Waals surface area contributed by atoms with Crippen LogP contribution in [-0.4, -0.2) is 54.4 Å². The van der Waals surface area contributed by atoms with Crippen LogP contribution in [0, 0.1) is 0 Å². The number of anilines is 2. The van der Waals surface area contributed by atoms with Gasteiger partial charge in [0.2, 0.25) is 0 Å². The molecule has 0 aliphatic heterocycles. The number of carbonyl (C=O) groups excluding carboxylic acids is 1. The summed E-state index contributed by atoms with van der Waals surface area (Å²) in [6, 6.07) is 3.33. The highest BCUT2D eigenvalue weighted by Gasteiger charge is 2.04. The Labute approximate surface area is 120 Å². The molecule has 0 atom stereocenters. The Morgan fingerprint density at radius 1 is 1.25 bits per heavy atom. The zero-order valence-electron chi connectivity index (χ0n) is 12.6. The Kier molecular flexibility index (Phi) is 6.72. The SMILES string of the molecule is CC(C)NC(=O)Nc1ccc(NCCCN(C)C)nn1. The molecule has 7 nitrogen and oxygen atoms in total. The second kappa shape index (κ2) is 8.31. The van der Waals surface area contributed by atoms with Gasteiger partial charge in [-0.3, -0.25) is 5.32 Å². The Morgan fingerprint density at radius 3 is 2.45 bits per heavy atom. The summed E-state index contributed by atoms with van der Waals surface area (Å²) in [5.74, 6) is 1.14. The number of urea groups is 1. The fourth-order valence-corrected chi connectivity index (χ4v) is 1.52. The molecule has 0 fully saturated rings. The number of amides is 2. The maximum Gasteiger partial charge on any atom is 0.320 e. The van der Waals surface area contributed by atoms with E-state index in [-0.39, 0.29) is 12.1 Å². The first-order valence-corrected chi connectivity index (χ1v) is 6.77. The molecule has 1 rings (SSSR count). The van der Waals surface area contributed by atoms with Gasteiger partial charge >= 0.3 is 6.03 Å². The number of nitrogens with zero attached hydrogens (tertiary/aromatic N) is 3. The van der Waals surface area contributed by atoms with Gasteiger partial charge in [-0.25, -0.2) is 4.79 Å². The fraction of sp³-hybridized carbons (Fsp3) is 0.615. The molecule has 0 aliphatic carbocycles. The smallest absolute Gasteiger partial charge is 0.320 e. The topological polar surface area (TPSA) is 82.2 Å². The fourth-order valence-electron chi connectivity index (χ4n) is 1.52. The Hall–Kier alpha value is -1.89. The molecule has 0 saturated heterocycles. The summed E-state index contributed by atoms with van der Waals surface area (Å²) in [5.41, 5.74) is 0. The van der Waals surface area contributed by atoms with Crippen LogP contribution in [-0.2, 0) is 0 Å². The van der Waals surface area contributed by atoms with E-state index in [4.69, 9.17) is 0 Å². The van der Waals surface area contributed by atoms with E-state index in [1.807, 2.05) is 27.9 Å². The number of hydrogen-bond donors (Lipinski definition) is 3. The van der Waals surface area contributed by atoms with Crippen LogP contribution in [0.2, 0.25) is 0 Å². The maximum atomic E-state index is 11.5. The normalized spacial score (nSPS) is 10.7. The molecule has 0 radical (unpaired) electrons. The van der Waals surface area contributed by atoms with Gasteiger partial charge in [0.05, 0.1) is 0 Å². The first-order chi connectivity index (χ1) is 9.47. The second-order valence-corrected chi connectivity index (χ2v) is 5.14. The van der Waals surface area contributed by atoms with Crippen molar-refractivity contribution < 1.29 is 4.79 Å². The van der Waals surface area contributed by atoms with Crippen molar-refractivity contribution in [1.82, 2.24) is 20.4 Å². The lowest BCUT2D eigenvalue weighted by atomic mass is 10.4. The number of nitrogens with one attached hydrogen (secondary N) is 3. The predicted molar refractivity (Wildman–Crippen MR) is 81.0 cm³/mol. The highest BCUT2D eigenvalue weighted by molar-refractivity contribution is 5.88. The number of aromatic nitrogens is 2. The van der Waals surface area contributed by atoms with E-state index < -0.39 is 0 Å². The Balaban J connectivity index is 2.34. The van der Waals surface area contributed by atoms with E-state index in [1.54, 1.807) is 12.1 Å². The largest absolute Gasteiger partial charge is 0.369 e. The van der Waals surface area contributed by atoms with Gasteiger partial charge in [-0.15, -0.1) is 10.2 Å². The first kappa shape index (κ1) is 16.2. The van der Waals surface area contributed by atoms with E-state index >= 15 is 0 Å². The van der Waals surface area contributed by atoms with Crippen LogP contribution >= 0.6 is 0 Å². The molecule has 0 saturated carbocycles. The lowest BCUT2D eigenvalue weighted by Crippen LogP contribution is -2.34. The number of rotatable bonds is 7. The van der Waals surface area contributed by atoms with Crippen LogP contribution in [0.15, 0.2) is 12.1 Å². The summed E-state index contributed by atoms with van der Waals surface area (Å²) in [4.78, 5) is 13.6. The van der Waals surface area contributed by atoms with Crippen molar-refractivity contribution in [2.45, 2.75) is 26.3 Å². The van der Waals surface area contributed by atoms with Crippen LogP contribution in [0.25, 0.3) is 0 Å². The van der Waals surface area contributed by atoms with Crippen molar-refractivity contribution in [2.75, 3.05) is 37.8 Å². The summed E-state index contributed by atoms with van der Waals surface area (Å²) in [6.45, 7) is 5.65. The summed E-state index contributed by atoms with van der Waals surface area (Å²) < 4.78 is 0. The van der Waals surface area contributed by atoms with E-state index in [0.29, 0.717) is 11.6 Å². The van der Waals surface area contributed by atoms with Crippen LogP contribution in [0.4, 0.5) is 16.4 Å². The van der Waals surface area contributed by atoms with Crippen LogP contribution in [0.1, 0.15) is 20.3 Å². The van der Waals surface area contributed by atoms with Crippen molar-refractivity contribution in [3.63, 3.8) is 0 Å². The van der Waals surface area contributed by atoms with Gasteiger partial charge in [0.25, 0.3) is 0 Å². The van der Waals surface area contributed by atoms with Crippen molar-refractivity contribution in [2.24, 2.45) is 0 Å². The summed E-state index contributed by atoms with van der Waals surface area (Å²) in [6.07, 6.45) is 1.03. The maximum absolute atomic E-state index is 11.5. The van der Waals surface area contributed by atoms with Gasteiger partial charge in [-0.2, -0.15) is 0 Å². The van der Waals surface area contributed by atoms with Gasteiger partial charge in [-0.05, 0) is 53.0 Å². The third-order valence-electron chi connectivity index (χ3n) is 2.41. The molecule has 0 bridgehead atoms. The molecule has 0 unspecified atom stereocenters. The van der Waals surface area contributed by atoms with E-state index in [9.17, 15) is 4.79 Å². The molecular formula is C13H24N6O. The molecule has 2 amide bonds. The minimum absolute atomic E-state index is 0.0839. The molecule has 1 aromatic rings. The molecule has 3 N–H and O–H groups in total. The van der Waals surface area contributed by atoms with Gasteiger partial charge in [0.15, 0.2) is 5.82 Å². The highest BCUT2D eigenvalue weighted by atomic mass is 16.2. The van der Waals surface area contributed by atoms with Gasteiger partial charge < -0.3 is 15.5 Å². The Bertz CT molecular complexity index is 404. The highest BCUT2D eigenvalue weighted by Crippen LogP contribution is 2.05. The first-order valence-electron chi connectivity index (χ1n) is 6.77. The molecule has 0 aromatic carbocycles. The summed E-state index contributed by atoms with van der Waals surface area (Å²) >= 11 is 0. The molecule has 1 aromatic heterocycles. The average Bonchev–Trinajstić information content (AvgIpc) is 2.35. The number of carbonyl (C=O) groups is 1. The minimum Gasteiger partial charge on any atom is -0.369 e. The molecule has 20 heavy (non-hydrogen) atoms. The Morgan fingerprint density at radius 2 is 1.90 bits per heavy atom. The van der Waals surface area contributed by atoms with E-state index in [1.165, 1.54) is 0 Å². The predicted octanol–water partition coefficient (Wildman–Crippen LogP) is 1.37. The monoisotopic (exact) mass is 280 g/mol. The standard InChI is InChI=1S/C13H24N6O/c1-10(2)15-13(20)16-12-7-6-11(17-18-12)14-8-5-9-19(3)4/h6-7,10H,5,8-9H2,1-4H3,(H,14,17)(H2,15,16,18,20). The molecule has 0 spiro atoms. The molecule has 7 heteroatoms. The molecule has 0 aliphatic rings. The minimum atomic E-state index is -0.277. The van der Waals surface area contributed by atoms with Crippen LogP contribution < -0.4 is 16.0 Å². The van der Waals surface area contributed by atoms with Crippen LogP contribution in [0.3, 0.4) is 0 Å². The quantitative estimate of drug-likeness (QED) is 0.657. The van der Waals surface area contributed by atoms with Gasteiger partial charge in [0.1, 0.15) is 5.82 Å². The molecule has 112 valence electrons. The van der Waals surface area contributed by atoms with Crippen molar-refractivity contribution in [3.8, 4) is 0 Å². The van der Waals surface area contributed by atoms with Crippen molar-refractivity contribution in [1.29, 1.82) is 0 Å². The lowest BCUT2D eigenvalue weighted by molar-refractivity contribution is 0.250. The molecular weight excluding hydrogens is 256 g/mol. The molecule has 1 heterocycles. The lowest BCUT2D eigenvalue weighted by Gasteiger charge is -2.11. The van der Waals surface area contributed by atoms with Crippen molar-refractivity contribution >= 4 is 17.7 Å². The van der Waals surface area contributed by atoms with E-state index in [0.717, 1.165) is 19.5 Å². The number of hydrogen-bond acceptors (Lipinski definition) is 5. The summed E-state index contributed by atoms with van der Waals surface area (Å²) in [7, 11) is 4.09. The van der Waals surface area contributed by atoms with E-state index in [2.05, 4.69) is 31.0 Å². The summed E-state index contributed by atoms with van der Waals surface area (Å²) in [5, 5.41) is 16.5. The second-order valence-electron chi connectivity index (χ2n) is 5.14. The van der Waals surface area contributed by atoms with Gasteiger partial charge in [-0.1, -0.05) is 0 Å². The average molecular weight is 280 g/mol. The van der Waals surface area contributed by atoms with Gasteiger partial charge in [0, 0.05) is 12.6 Å². The third-order valence-corrected chi connectivity index (χ3v) is 2.41. The zero-order chi connectivity index (χ0) is 15.0. The zero-order valence-corrected chi connectivity index (χ0v) is 12.6. The van der Waals surface area contributed by atoms with Crippen LogP contribution in [0.5, 0.6) is 0 Å². The third kappa shape index (κ3) is 6.89.